The van der Waals surface area contributed by atoms with E-state index in [1.165, 1.54) is 5.56 Å². The zero-order valence-electron chi connectivity index (χ0n) is 13.2. The first-order valence-electron chi connectivity index (χ1n) is 7.23. The van der Waals surface area contributed by atoms with Crippen molar-refractivity contribution >= 4 is 11.6 Å². The molecule has 1 N–H and O–H groups in total. The summed E-state index contributed by atoms with van der Waals surface area (Å²) in [6.45, 7) is 4.31. The Bertz CT molecular complexity index is 653. The molecule has 0 aliphatic rings. The van der Waals surface area contributed by atoms with Crippen molar-refractivity contribution in [2.75, 3.05) is 19.0 Å². The predicted molar refractivity (Wildman–Crippen MR) is 87.7 cm³/mol. The van der Waals surface area contributed by atoms with Crippen LogP contribution in [0.2, 0.25) is 0 Å². The van der Waals surface area contributed by atoms with E-state index in [0.717, 1.165) is 11.3 Å². The standard InChI is InChI=1S/C18H21NO3/c1-13-8-9-15(14(2)12-13)19-18(20)10-11-22-17-7-5-4-6-16(17)21-3/h4-9,12H,10-11H2,1-3H3,(H,19,20). The summed E-state index contributed by atoms with van der Waals surface area (Å²) in [6.07, 6.45) is 0.283. The number of hydrogen-bond donors (Lipinski definition) is 1. The van der Waals surface area contributed by atoms with Crippen LogP contribution in [-0.4, -0.2) is 19.6 Å². The van der Waals surface area contributed by atoms with Crippen LogP contribution in [0.15, 0.2) is 42.5 Å². The number of para-hydroxylation sites is 2. The lowest BCUT2D eigenvalue weighted by Crippen LogP contribution is -2.16. The topological polar surface area (TPSA) is 47.6 Å². The van der Waals surface area contributed by atoms with Crippen LogP contribution in [0.3, 0.4) is 0 Å². The number of benzene rings is 2. The van der Waals surface area contributed by atoms with E-state index >= 15 is 0 Å². The van der Waals surface area contributed by atoms with Crippen LogP contribution >= 0.6 is 0 Å². The molecule has 4 heteroatoms. The minimum Gasteiger partial charge on any atom is -0.493 e. The van der Waals surface area contributed by atoms with Crippen LogP contribution < -0.4 is 14.8 Å². The van der Waals surface area contributed by atoms with Crippen LogP contribution in [0.25, 0.3) is 0 Å². The molecule has 0 atom stereocenters. The van der Waals surface area contributed by atoms with Gasteiger partial charge in [-0.1, -0.05) is 29.8 Å². The zero-order valence-corrected chi connectivity index (χ0v) is 13.2. The molecule has 0 aliphatic carbocycles. The third-order valence-corrected chi connectivity index (χ3v) is 3.31. The molecule has 0 fully saturated rings. The Hall–Kier alpha value is -2.49. The predicted octanol–water partition coefficient (Wildman–Crippen LogP) is 3.72. The lowest BCUT2D eigenvalue weighted by Gasteiger charge is -2.11. The maximum absolute atomic E-state index is 12.0. The van der Waals surface area contributed by atoms with Crippen molar-refractivity contribution in [1.82, 2.24) is 0 Å². The Morgan fingerprint density at radius 2 is 1.82 bits per heavy atom. The Morgan fingerprint density at radius 1 is 1.09 bits per heavy atom. The first-order chi connectivity index (χ1) is 10.6. The van der Waals surface area contributed by atoms with Gasteiger partial charge in [-0.25, -0.2) is 0 Å². The Kier molecular flexibility index (Phi) is 5.42. The van der Waals surface area contributed by atoms with E-state index in [1.54, 1.807) is 7.11 Å². The van der Waals surface area contributed by atoms with Crippen LogP contribution in [0, 0.1) is 13.8 Å². The summed E-state index contributed by atoms with van der Waals surface area (Å²) in [5.41, 5.74) is 3.07. The molecule has 0 spiro atoms. The van der Waals surface area contributed by atoms with Gasteiger partial charge < -0.3 is 14.8 Å². The summed E-state index contributed by atoms with van der Waals surface area (Å²) >= 11 is 0. The Balaban J connectivity index is 1.85. The molecular weight excluding hydrogens is 278 g/mol. The van der Waals surface area contributed by atoms with Gasteiger partial charge in [0.1, 0.15) is 0 Å². The number of methoxy groups -OCH3 is 1. The van der Waals surface area contributed by atoms with Gasteiger partial charge in [0.2, 0.25) is 5.91 Å². The summed E-state index contributed by atoms with van der Waals surface area (Å²) in [5, 5.41) is 2.90. The van der Waals surface area contributed by atoms with Crippen molar-refractivity contribution in [3.8, 4) is 11.5 Å². The molecule has 0 aliphatic heterocycles. The number of aryl methyl sites for hydroxylation is 2. The first-order valence-corrected chi connectivity index (χ1v) is 7.23. The average Bonchev–Trinajstić information content (AvgIpc) is 2.50. The van der Waals surface area contributed by atoms with Crippen molar-refractivity contribution in [1.29, 1.82) is 0 Å². The smallest absolute Gasteiger partial charge is 0.227 e. The number of hydrogen-bond acceptors (Lipinski definition) is 3. The fraction of sp³-hybridized carbons (Fsp3) is 0.278. The van der Waals surface area contributed by atoms with Gasteiger partial charge in [-0.15, -0.1) is 0 Å². The molecule has 0 saturated carbocycles. The van der Waals surface area contributed by atoms with E-state index in [9.17, 15) is 4.79 Å². The van der Waals surface area contributed by atoms with Gasteiger partial charge >= 0.3 is 0 Å². The molecule has 4 nitrogen and oxygen atoms in total. The second-order valence-corrected chi connectivity index (χ2v) is 5.12. The maximum Gasteiger partial charge on any atom is 0.227 e. The number of ether oxygens (including phenoxy) is 2. The third-order valence-electron chi connectivity index (χ3n) is 3.31. The average molecular weight is 299 g/mol. The molecule has 0 aromatic heterocycles. The van der Waals surface area contributed by atoms with E-state index in [1.807, 2.05) is 56.3 Å². The number of rotatable bonds is 6. The van der Waals surface area contributed by atoms with Crippen LogP contribution in [0.4, 0.5) is 5.69 Å². The molecular formula is C18H21NO3. The minimum absolute atomic E-state index is 0.0677. The fourth-order valence-corrected chi connectivity index (χ4v) is 2.16. The molecule has 116 valence electrons. The third kappa shape index (κ3) is 4.25. The van der Waals surface area contributed by atoms with Crippen LogP contribution in [-0.2, 0) is 4.79 Å². The van der Waals surface area contributed by atoms with Gasteiger partial charge in [0.05, 0.1) is 20.1 Å². The molecule has 22 heavy (non-hydrogen) atoms. The molecule has 0 radical (unpaired) electrons. The highest BCUT2D eigenvalue weighted by atomic mass is 16.5. The lowest BCUT2D eigenvalue weighted by molar-refractivity contribution is -0.116. The van der Waals surface area contributed by atoms with Crippen molar-refractivity contribution < 1.29 is 14.3 Å². The number of anilines is 1. The Morgan fingerprint density at radius 3 is 2.50 bits per heavy atom. The van der Waals surface area contributed by atoms with Crippen LogP contribution in [0.5, 0.6) is 11.5 Å². The quantitative estimate of drug-likeness (QED) is 0.884. The maximum atomic E-state index is 12.0. The summed E-state index contributed by atoms with van der Waals surface area (Å²) in [6, 6.07) is 13.3. The molecule has 2 aromatic carbocycles. The highest BCUT2D eigenvalue weighted by Gasteiger charge is 2.07. The molecule has 0 bridgehead atoms. The highest BCUT2D eigenvalue weighted by molar-refractivity contribution is 5.91. The SMILES string of the molecule is COc1ccccc1OCCC(=O)Nc1ccc(C)cc1C. The van der Waals surface area contributed by atoms with Crippen molar-refractivity contribution in [2.24, 2.45) is 0 Å². The van der Waals surface area contributed by atoms with Crippen molar-refractivity contribution in [3.05, 3.63) is 53.6 Å². The van der Waals surface area contributed by atoms with E-state index in [4.69, 9.17) is 9.47 Å². The first kappa shape index (κ1) is 15.9. The Labute approximate surface area is 131 Å². The second-order valence-electron chi connectivity index (χ2n) is 5.12. The number of carbonyl (C=O) groups excluding carboxylic acids is 1. The van der Waals surface area contributed by atoms with Gasteiger partial charge in [-0.3, -0.25) is 4.79 Å². The van der Waals surface area contributed by atoms with Gasteiger partial charge in [-0.2, -0.15) is 0 Å². The molecule has 0 heterocycles. The zero-order chi connectivity index (χ0) is 15.9. The van der Waals surface area contributed by atoms with Crippen molar-refractivity contribution in [2.45, 2.75) is 20.3 Å². The molecule has 1 amide bonds. The van der Waals surface area contributed by atoms with Gasteiger partial charge in [0.25, 0.3) is 0 Å². The summed E-state index contributed by atoms with van der Waals surface area (Å²) in [4.78, 5) is 12.0. The van der Waals surface area contributed by atoms with Gasteiger partial charge in [0.15, 0.2) is 11.5 Å². The van der Waals surface area contributed by atoms with Crippen LogP contribution in [0.1, 0.15) is 17.5 Å². The number of nitrogens with one attached hydrogen (secondary N) is 1. The summed E-state index contributed by atoms with van der Waals surface area (Å²) < 4.78 is 10.8. The fourth-order valence-electron chi connectivity index (χ4n) is 2.16. The van der Waals surface area contributed by atoms with Crippen molar-refractivity contribution in [3.63, 3.8) is 0 Å². The molecule has 2 rings (SSSR count). The van der Waals surface area contributed by atoms with E-state index < -0.39 is 0 Å². The summed E-state index contributed by atoms with van der Waals surface area (Å²) in [7, 11) is 1.59. The lowest BCUT2D eigenvalue weighted by atomic mass is 10.1. The largest absolute Gasteiger partial charge is 0.493 e. The van der Waals surface area contributed by atoms with E-state index in [-0.39, 0.29) is 12.3 Å². The van der Waals surface area contributed by atoms with E-state index in [0.29, 0.717) is 18.1 Å². The highest BCUT2D eigenvalue weighted by Crippen LogP contribution is 2.25. The summed E-state index contributed by atoms with van der Waals surface area (Å²) in [5.74, 6) is 1.24. The number of carbonyl (C=O) groups is 1. The number of amides is 1. The monoisotopic (exact) mass is 299 g/mol. The van der Waals surface area contributed by atoms with E-state index in [2.05, 4.69) is 5.32 Å². The second kappa shape index (κ2) is 7.50. The molecule has 0 unspecified atom stereocenters. The molecule has 0 saturated heterocycles. The van der Waals surface area contributed by atoms with Gasteiger partial charge in [0, 0.05) is 5.69 Å². The van der Waals surface area contributed by atoms with Gasteiger partial charge in [-0.05, 0) is 37.6 Å². The molecule has 2 aromatic rings. The normalized spacial score (nSPS) is 10.1. The minimum atomic E-state index is -0.0677.